The molecule has 2 bridgehead atoms. The first-order valence-electron chi connectivity index (χ1n) is 3.86. The molecule has 0 atom stereocenters. The number of hydrogen-bond donors (Lipinski definition) is 0. The van der Waals surface area contributed by atoms with Crippen LogP contribution >= 0.6 is 0 Å². The minimum absolute atomic E-state index is 0.133. The largest absolute Gasteiger partial charge is 0.348 e. The second-order valence-electron chi connectivity index (χ2n) is 3.96. The van der Waals surface area contributed by atoms with Crippen molar-refractivity contribution in [3.8, 4) is 0 Å². The van der Waals surface area contributed by atoms with Crippen molar-refractivity contribution in [3.05, 3.63) is 0 Å². The number of carbonyl (C=O) groups excluding carboxylic acids is 1. The molecule has 0 saturated heterocycles. The highest BCUT2D eigenvalue weighted by molar-refractivity contribution is 5.85. The van der Waals surface area contributed by atoms with Crippen molar-refractivity contribution in [1.29, 1.82) is 0 Å². The van der Waals surface area contributed by atoms with Crippen LogP contribution in [0.25, 0.3) is 0 Å². The van der Waals surface area contributed by atoms with Crippen LogP contribution in [0.5, 0.6) is 0 Å². The zero-order valence-corrected chi connectivity index (χ0v) is 6.55. The Bertz CT molecular complexity index is 169. The molecule has 56 valence electrons. The first-order chi connectivity index (χ1) is 4.64. The topological polar surface area (TPSA) is 20.3 Å². The zero-order valence-electron chi connectivity index (χ0n) is 6.55. The van der Waals surface area contributed by atoms with Gasteiger partial charge in [-0.2, -0.15) is 0 Å². The van der Waals surface area contributed by atoms with Gasteiger partial charge in [0.2, 0.25) is 5.91 Å². The zero-order chi connectivity index (χ0) is 7.35. The molecule has 0 aromatic carbocycles. The highest BCUT2D eigenvalue weighted by atomic mass is 16.2. The van der Waals surface area contributed by atoms with Crippen LogP contribution in [0.3, 0.4) is 0 Å². The molecule has 2 nitrogen and oxygen atoms in total. The lowest BCUT2D eigenvalue weighted by Gasteiger charge is -2.60. The third-order valence-corrected chi connectivity index (χ3v) is 2.90. The lowest BCUT2D eigenvalue weighted by Crippen LogP contribution is -2.59. The lowest BCUT2D eigenvalue weighted by molar-refractivity contribution is -0.174. The normalized spacial score (nSPS) is 41.6. The highest BCUT2D eigenvalue weighted by Crippen LogP contribution is 2.64. The number of hydrogen-bond acceptors (Lipinski definition) is 1. The van der Waals surface area contributed by atoms with Gasteiger partial charge in [0.15, 0.2) is 0 Å². The van der Waals surface area contributed by atoms with Gasteiger partial charge in [0.25, 0.3) is 0 Å². The molecular weight excluding hydrogens is 126 g/mol. The summed E-state index contributed by atoms with van der Waals surface area (Å²) in [6.07, 6.45) is 3.51. The summed E-state index contributed by atoms with van der Waals surface area (Å²) in [5.74, 6) is 1.26. The summed E-state index contributed by atoms with van der Waals surface area (Å²) in [6, 6.07) is 0. The second kappa shape index (κ2) is 1.55. The molecule has 0 radical (unpaired) electrons. The second-order valence-corrected chi connectivity index (χ2v) is 3.96. The summed E-state index contributed by atoms with van der Waals surface area (Å²) in [6.45, 7) is 0. The van der Waals surface area contributed by atoms with E-state index in [1.165, 1.54) is 19.3 Å². The molecule has 1 amide bonds. The first-order valence-corrected chi connectivity index (χ1v) is 3.86. The van der Waals surface area contributed by atoms with E-state index in [1.54, 1.807) is 4.90 Å². The van der Waals surface area contributed by atoms with Crippen LogP contribution in [-0.4, -0.2) is 24.9 Å². The molecule has 0 aromatic rings. The van der Waals surface area contributed by atoms with Gasteiger partial charge in [0.1, 0.15) is 0 Å². The van der Waals surface area contributed by atoms with E-state index in [1.807, 2.05) is 14.1 Å². The number of amides is 1. The minimum Gasteiger partial charge on any atom is -0.348 e. The van der Waals surface area contributed by atoms with E-state index in [0.29, 0.717) is 5.91 Å². The molecule has 0 aliphatic heterocycles. The molecule has 3 rings (SSSR count). The van der Waals surface area contributed by atoms with Crippen molar-refractivity contribution in [3.63, 3.8) is 0 Å². The van der Waals surface area contributed by atoms with E-state index in [4.69, 9.17) is 0 Å². The fourth-order valence-corrected chi connectivity index (χ4v) is 2.21. The van der Waals surface area contributed by atoms with Gasteiger partial charge in [-0.1, -0.05) is 0 Å². The molecule has 0 unspecified atom stereocenters. The molecule has 3 fully saturated rings. The fraction of sp³-hybridized carbons (Fsp3) is 0.875. The predicted octanol–water partition coefficient (Wildman–Crippen LogP) is 0.875. The summed E-state index contributed by atoms with van der Waals surface area (Å²) in [5.41, 5.74) is 0.133. The highest BCUT2D eigenvalue weighted by Gasteiger charge is 2.61. The third kappa shape index (κ3) is 0.522. The molecule has 3 aliphatic carbocycles. The Morgan fingerprint density at radius 3 is 2.00 bits per heavy atom. The third-order valence-electron chi connectivity index (χ3n) is 2.90. The van der Waals surface area contributed by atoms with Crippen molar-refractivity contribution >= 4 is 5.91 Å². The summed E-state index contributed by atoms with van der Waals surface area (Å²) in [7, 11) is 3.70. The molecule has 0 N–H and O–H groups in total. The van der Waals surface area contributed by atoms with Crippen LogP contribution in [0.2, 0.25) is 0 Å². The summed E-state index contributed by atoms with van der Waals surface area (Å²) < 4.78 is 0. The van der Waals surface area contributed by atoms with Gasteiger partial charge >= 0.3 is 0 Å². The fourth-order valence-electron chi connectivity index (χ4n) is 2.21. The van der Waals surface area contributed by atoms with Gasteiger partial charge in [0, 0.05) is 14.1 Å². The number of carbonyl (C=O) groups is 1. The summed E-state index contributed by atoms with van der Waals surface area (Å²) in [5, 5.41) is 0. The standard InChI is InChI=1S/C8H13NO/c1-9(2)7(10)8-3-6(4-8)5-8/h6H,3-5H2,1-2H3. The first kappa shape index (κ1) is 6.20. The molecule has 0 heterocycles. The average Bonchev–Trinajstić information content (AvgIpc) is 1.56. The van der Waals surface area contributed by atoms with Crippen LogP contribution in [-0.2, 0) is 4.79 Å². The Balaban J connectivity index is 2.05. The van der Waals surface area contributed by atoms with Crippen LogP contribution < -0.4 is 0 Å². The van der Waals surface area contributed by atoms with E-state index in [0.717, 1.165) is 5.92 Å². The van der Waals surface area contributed by atoms with E-state index in [9.17, 15) is 4.79 Å². The van der Waals surface area contributed by atoms with Crippen LogP contribution in [0, 0.1) is 11.3 Å². The van der Waals surface area contributed by atoms with Crippen molar-refractivity contribution in [2.75, 3.05) is 14.1 Å². The average molecular weight is 139 g/mol. The Hall–Kier alpha value is -0.530. The Labute approximate surface area is 61.2 Å². The number of nitrogens with zero attached hydrogens (tertiary/aromatic N) is 1. The SMILES string of the molecule is CN(C)C(=O)C12CC(C1)C2. The maximum Gasteiger partial charge on any atom is 0.228 e. The molecule has 0 aromatic heterocycles. The quantitative estimate of drug-likeness (QED) is 0.528. The summed E-state index contributed by atoms with van der Waals surface area (Å²) >= 11 is 0. The van der Waals surface area contributed by atoms with Crippen molar-refractivity contribution in [2.45, 2.75) is 19.3 Å². The molecular formula is C8H13NO. The van der Waals surface area contributed by atoms with Crippen LogP contribution in [0.15, 0.2) is 0 Å². The van der Waals surface area contributed by atoms with E-state index < -0.39 is 0 Å². The lowest BCUT2D eigenvalue weighted by atomic mass is 9.44. The maximum atomic E-state index is 11.4. The van der Waals surface area contributed by atoms with Crippen molar-refractivity contribution < 1.29 is 4.79 Å². The van der Waals surface area contributed by atoms with Crippen molar-refractivity contribution in [2.24, 2.45) is 11.3 Å². The van der Waals surface area contributed by atoms with Gasteiger partial charge < -0.3 is 4.90 Å². The molecule has 2 heteroatoms. The molecule has 0 spiro atoms. The summed E-state index contributed by atoms with van der Waals surface area (Å²) in [4.78, 5) is 13.1. The smallest absolute Gasteiger partial charge is 0.228 e. The van der Waals surface area contributed by atoms with Crippen LogP contribution in [0.4, 0.5) is 0 Å². The maximum absolute atomic E-state index is 11.4. The molecule has 3 saturated carbocycles. The van der Waals surface area contributed by atoms with Gasteiger partial charge in [0.05, 0.1) is 5.41 Å². The monoisotopic (exact) mass is 139 g/mol. The Kier molecular flexibility index (Phi) is 0.960. The van der Waals surface area contributed by atoms with Crippen LogP contribution in [0.1, 0.15) is 19.3 Å². The molecule has 10 heavy (non-hydrogen) atoms. The van der Waals surface area contributed by atoms with E-state index in [-0.39, 0.29) is 5.41 Å². The van der Waals surface area contributed by atoms with Gasteiger partial charge in [-0.25, -0.2) is 0 Å². The van der Waals surface area contributed by atoms with E-state index in [2.05, 4.69) is 0 Å². The molecule has 3 aliphatic rings. The van der Waals surface area contributed by atoms with Crippen molar-refractivity contribution in [1.82, 2.24) is 4.90 Å². The predicted molar refractivity (Wildman–Crippen MR) is 38.5 cm³/mol. The minimum atomic E-state index is 0.133. The van der Waals surface area contributed by atoms with E-state index >= 15 is 0 Å². The van der Waals surface area contributed by atoms with Gasteiger partial charge in [-0.3, -0.25) is 4.79 Å². The number of rotatable bonds is 1. The Morgan fingerprint density at radius 2 is 1.90 bits per heavy atom. The van der Waals surface area contributed by atoms with Gasteiger partial charge in [-0.15, -0.1) is 0 Å². The Morgan fingerprint density at radius 1 is 1.40 bits per heavy atom. The van der Waals surface area contributed by atoms with Gasteiger partial charge in [-0.05, 0) is 25.2 Å².